The summed E-state index contributed by atoms with van der Waals surface area (Å²) >= 11 is 0. The van der Waals surface area contributed by atoms with Crippen molar-refractivity contribution >= 4 is 11.9 Å². The van der Waals surface area contributed by atoms with Crippen LogP contribution in [-0.2, 0) is 15.0 Å². The summed E-state index contributed by atoms with van der Waals surface area (Å²) in [6.45, 7) is 1.40. The predicted molar refractivity (Wildman–Crippen MR) is 103 cm³/mol. The second-order valence-electron chi connectivity index (χ2n) is 8.21. The Morgan fingerprint density at radius 2 is 1.79 bits per heavy atom. The molecule has 1 saturated heterocycles. The minimum Gasteiger partial charge on any atom is -0.493 e. The molecule has 2 fully saturated rings. The second-order valence-corrected chi connectivity index (χ2v) is 8.21. The summed E-state index contributed by atoms with van der Waals surface area (Å²) in [5.74, 6) is -0.618. The number of benzene rings is 2. The average molecular weight is 377 g/mol. The fourth-order valence-corrected chi connectivity index (χ4v) is 5.18. The number of carboxylic acids is 1. The Morgan fingerprint density at radius 3 is 2.57 bits per heavy atom. The van der Waals surface area contributed by atoms with E-state index in [1.54, 1.807) is 4.90 Å². The molecule has 1 spiro atoms. The molecule has 1 saturated carbocycles. The van der Waals surface area contributed by atoms with Crippen LogP contribution in [0.5, 0.6) is 5.75 Å². The molecule has 5 nitrogen and oxygen atoms in total. The predicted octanol–water partition coefficient (Wildman–Crippen LogP) is 3.05. The number of amides is 1. The number of likely N-dealkylation sites (tertiary alicyclic amines) is 1. The number of nitrogens with zero attached hydrogens (tertiary/aromatic N) is 1. The van der Waals surface area contributed by atoms with Gasteiger partial charge in [0.2, 0.25) is 5.91 Å². The quantitative estimate of drug-likeness (QED) is 0.893. The highest BCUT2D eigenvalue weighted by molar-refractivity contribution is 5.86. The van der Waals surface area contributed by atoms with Gasteiger partial charge < -0.3 is 14.7 Å². The van der Waals surface area contributed by atoms with Crippen LogP contribution in [0.15, 0.2) is 54.6 Å². The molecule has 5 rings (SSSR count). The molecule has 0 radical (unpaired) electrons. The monoisotopic (exact) mass is 377 g/mol. The fourth-order valence-electron chi connectivity index (χ4n) is 5.18. The lowest BCUT2D eigenvalue weighted by atomic mass is 9.87. The molecule has 2 aromatic carbocycles. The number of hydrogen-bond donors (Lipinski definition) is 1. The Bertz CT molecular complexity index is 927. The number of carbonyl (C=O) groups excluding carboxylic acids is 1. The van der Waals surface area contributed by atoms with Gasteiger partial charge in [-0.05, 0) is 24.5 Å². The van der Waals surface area contributed by atoms with Gasteiger partial charge in [-0.2, -0.15) is 0 Å². The van der Waals surface area contributed by atoms with Crippen molar-refractivity contribution < 1.29 is 19.4 Å². The zero-order chi connectivity index (χ0) is 19.3. The summed E-state index contributed by atoms with van der Waals surface area (Å²) in [7, 11) is 0. The summed E-state index contributed by atoms with van der Waals surface area (Å²) in [6, 6.07) is 17.7. The van der Waals surface area contributed by atoms with Crippen molar-refractivity contribution in [3.63, 3.8) is 0 Å². The van der Waals surface area contributed by atoms with Crippen LogP contribution in [0.4, 0.5) is 0 Å². The lowest BCUT2D eigenvalue weighted by Gasteiger charge is -2.27. The average Bonchev–Trinajstić information content (AvgIpc) is 3.24. The van der Waals surface area contributed by atoms with Crippen molar-refractivity contribution in [2.75, 3.05) is 19.7 Å². The molecule has 1 N–H and O–H groups in total. The van der Waals surface area contributed by atoms with Gasteiger partial charge in [0.25, 0.3) is 0 Å². The Balaban J connectivity index is 1.38. The van der Waals surface area contributed by atoms with Crippen molar-refractivity contribution in [2.24, 2.45) is 11.8 Å². The minimum atomic E-state index is -0.828. The van der Waals surface area contributed by atoms with Gasteiger partial charge in [-0.25, -0.2) is 0 Å². The summed E-state index contributed by atoms with van der Waals surface area (Å²) in [6.07, 6.45) is 1.68. The van der Waals surface area contributed by atoms with E-state index < -0.39 is 11.9 Å². The van der Waals surface area contributed by atoms with E-state index in [-0.39, 0.29) is 23.2 Å². The number of rotatable bonds is 3. The number of hydrogen-bond acceptors (Lipinski definition) is 3. The van der Waals surface area contributed by atoms with Crippen LogP contribution >= 0.6 is 0 Å². The fraction of sp³-hybridized carbons (Fsp3) is 0.391. The first-order valence-corrected chi connectivity index (χ1v) is 9.89. The van der Waals surface area contributed by atoms with Gasteiger partial charge in [-0.15, -0.1) is 0 Å². The molecule has 1 amide bonds. The van der Waals surface area contributed by atoms with E-state index in [0.717, 1.165) is 29.7 Å². The number of aliphatic carboxylic acids is 1. The third-order valence-electron chi connectivity index (χ3n) is 6.78. The molecular weight excluding hydrogens is 354 g/mol. The summed E-state index contributed by atoms with van der Waals surface area (Å²) in [4.78, 5) is 27.0. The third-order valence-corrected chi connectivity index (χ3v) is 6.78. The zero-order valence-electron chi connectivity index (χ0n) is 15.6. The molecule has 0 unspecified atom stereocenters. The number of carbonyl (C=O) groups is 2. The highest BCUT2D eigenvalue weighted by atomic mass is 16.5. The zero-order valence-corrected chi connectivity index (χ0v) is 15.6. The molecule has 2 heterocycles. The Labute approximate surface area is 163 Å². The van der Waals surface area contributed by atoms with Crippen molar-refractivity contribution in [1.29, 1.82) is 0 Å². The van der Waals surface area contributed by atoms with E-state index in [2.05, 4.69) is 6.07 Å². The van der Waals surface area contributed by atoms with E-state index in [4.69, 9.17) is 4.74 Å². The number of para-hydroxylation sites is 1. The first kappa shape index (κ1) is 17.3. The molecule has 3 aliphatic rings. The van der Waals surface area contributed by atoms with Gasteiger partial charge in [0, 0.05) is 35.9 Å². The molecule has 0 aromatic heterocycles. The maximum Gasteiger partial charge on any atom is 0.308 e. The highest BCUT2D eigenvalue weighted by Gasteiger charge is 2.62. The van der Waals surface area contributed by atoms with Crippen LogP contribution < -0.4 is 4.74 Å². The van der Waals surface area contributed by atoms with Gasteiger partial charge in [0.15, 0.2) is 0 Å². The van der Waals surface area contributed by atoms with E-state index in [1.165, 1.54) is 0 Å². The number of carboxylic acid groups (broad SMARTS) is 1. The van der Waals surface area contributed by atoms with E-state index >= 15 is 0 Å². The molecule has 0 bridgehead atoms. The number of fused-ring (bicyclic) bond motifs is 2. The Morgan fingerprint density at radius 1 is 1.04 bits per heavy atom. The van der Waals surface area contributed by atoms with Crippen molar-refractivity contribution in [3.05, 3.63) is 65.7 Å². The largest absolute Gasteiger partial charge is 0.493 e. The third kappa shape index (κ3) is 2.60. The van der Waals surface area contributed by atoms with E-state index in [1.807, 2.05) is 48.5 Å². The molecule has 2 aromatic rings. The molecule has 28 heavy (non-hydrogen) atoms. The first-order chi connectivity index (χ1) is 13.6. The number of ether oxygens (including phenoxy) is 1. The van der Waals surface area contributed by atoms with E-state index in [0.29, 0.717) is 19.7 Å². The Hall–Kier alpha value is -2.82. The molecule has 2 aliphatic heterocycles. The molecular formula is C23H23NO4. The molecule has 1 aliphatic carbocycles. The van der Waals surface area contributed by atoms with Crippen molar-refractivity contribution in [3.8, 4) is 5.75 Å². The molecule has 5 heteroatoms. The molecule has 144 valence electrons. The normalized spacial score (nSPS) is 30.6. The van der Waals surface area contributed by atoms with Crippen LogP contribution in [0.1, 0.15) is 29.9 Å². The van der Waals surface area contributed by atoms with Crippen LogP contribution in [0.25, 0.3) is 0 Å². The van der Waals surface area contributed by atoms with E-state index in [9.17, 15) is 14.7 Å². The highest BCUT2D eigenvalue weighted by Crippen LogP contribution is 2.61. The lowest BCUT2D eigenvalue weighted by Crippen LogP contribution is -2.34. The van der Waals surface area contributed by atoms with Crippen molar-refractivity contribution in [1.82, 2.24) is 4.90 Å². The SMILES string of the molecule is O=C(O)[C@@H]1CN(C(=O)[C@@H]2C[C@]23CCOc2ccccc23)C[C@@H]1c1ccccc1. The van der Waals surface area contributed by atoms with Gasteiger partial charge in [0.1, 0.15) is 5.75 Å². The smallest absolute Gasteiger partial charge is 0.308 e. The molecule has 4 atom stereocenters. The van der Waals surface area contributed by atoms with Crippen LogP contribution in [0.3, 0.4) is 0 Å². The van der Waals surface area contributed by atoms with Crippen molar-refractivity contribution in [2.45, 2.75) is 24.2 Å². The van der Waals surface area contributed by atoms with Gasteiger partial charge in [0.05, 0.1) is 12.5 Å². The minimum absolute atomic E-state index is 0.0680. The first-order valence-electron chi connectivity index (χ1n) is 9.89. The van der Waals surface area contributed by atoms with Crippen LogP contribution in [0.2, 0.25) is 0 Å². The standard InChI is InChI=1S/C23H23NO4/c25-21(19-12-23(19)10-11-28-20-9-5-4-8-18(20)23)24-13-16(17(14-24)22(26)27)15-6-2-1-3-7-15/h1-9,16-17,19H,10-14H2,(H,26,27)/t16-,17-,19+,23+/m1/s1. The summed E-state index contributed by atoms with van der Waals surface area (Å²) < 4.78 is 5.77. The second kappa shape index (κ2) is 6.36. The Kier molecular flexibility index (Phi) is 3.93. The topological polar surface area (TPSA) is 66.8 Å². The summed E-state index contributed by atoms with van der Waals surface area (Å²) in [5, 5.41) is 9.72. The summed E-state index contributed by atoms with van der Waals surface area (Å²) in [5.41, 5.74) is 2.00. The van der Waals surface area contributed by atoms with Crippen LogP contribution in [0, 0.1) is 11.8 Å². The van der Waals surface area contributed by atoms with Gasteiger partial charge in [-0.1, -0.05) is 48.5 Å². The maximum atomic E-state index is 13.3. The van der Waals surface area contributed by atoms with Crippen LogP contribution in [-0.4, -0.2) is 41.6 Å². The lowest BCUT2D eigenvalue weighted by molar-refractivity contribution is -0.142. The maximum absolute atomic E-state index is 13.3. The van der Waals surface area contributed by atoms with Gasteiger partial charge in [-0.3, -0.25) is 9.59 Å². The van der Waals surface area contributed by atoms with Gasteiger partial charge >= 0.3 is 5.97 Å².